The Morgan fingerprint density at radius 3 is 2.72 bits per heavy atom. The number of piperidine rings is 1. The number of nitrogens with zero attached hydrogens (tertiary/aromatic N) is 2. The van der Waals surface area contributed by atoms with Gasteiger partial charge in [-0.25, -0.2) is 13.6 Å². The van der Waals surface area contributed by atoms with E-state index in [9.17, 15) is 13.6 Å². The van der Waals surface area contributed by atoms with Crippen LogP contribution in [0.4, 0.5) is 8.78 Å². The average Bonchev–Trinajstić information content (AvgIpc) is 2.32. The molecule has 1 N–H and O–H groups in total. The summed E-state index contributed by atoms with van der Waals surface area (Å²) in [6.07, 6.45) is 1.16. The zero-order valence-electron chi connectivity index (χ0n) is 9.77. The van der Waals surface area contributed by atoms with Crippen LogP contribution in [0.1, 0.15) is 28.9 Å². The molecule has 18 heavy (non-hydrogen) atoms. The van der Waals surface area contributed by atoms with Gasteiger partial charge in [0.05, 0.1) is 11.3 Å². The van der Waals surface area contributed by atoms with Crippen molar-refractivity contribution >= 4 is 5.97 Å². The molecule has 0 bridgehead atoms. The highest BCUT2D eigenvalue weighted by molar-refractivity contribution is 5.88. The highest BCUT2D eigenvalue weighted by Gasteiger charge is 2.34. The van der Waals surface area contributed by atoms with E-state index in [1.807, 2.05) is 4.90 Å². The van der Waals surface area contributed by atoms with Crippen molar-refractivity contribution in [2.24, 2.45) is 0 Å². The first kappa shape index (κ1) is 12.9. The molecule has 98 valence electrons. The smallest absolute Gasteiger partial charge is 0.337 e. The molecule has 2 heterocycles. The molecule has 0 amide bonds. The number of hydrogen-bond acceptors (Lipinski definition) is 3. The third kappa shape index (κ3) is 3.01. The maximum atomic E-state index is 13.0. The van der Waals surface area contributed by atoms with Gasteiger partial charge in [-0.2, -0.15) is 0 Å². The lowest BCUT2D eigenvalue weighted by atomic mass is 10.1. The molecule has 0 unspecified atom stereocenters. The average molecular weight is 256 g/mol. The fraction of sp³-hybridized carbons (Fsp3) is 0.500. The standard InChI is InChI=1S/C12H14F2N2O2/c13-12(14)3-6-16(7-4-12)8-10-9(11(17)18)2-1-5-15-10/h1-2,5H,3-4,6-8H2,(H,17,18). The molecule has 1 fully saturated rings. The molecule has 0 aromatic carbocycles. The third-order valence-corrected chi connectivity index (χ3v) is 3.08. The SMILES string of the molecule is O=C(O)c1cccnc1CN1CCC(F)(F)CC1. The number of carboxylic acids is 1. The van der Waals surface area contributed by atoms with Crippen LogP contribution in [0.3, 0.4) is 0 Å². The van der Waals surface area contributed by atoms with Gasteiger partial charge in [0.25, 0.3) is 5.92 Å². The van der Waals surface area contributed by atoms with Crippen molar-refractivity contribution < 1.29 is 18.7 Å². The minimum absolute atomic E-state index is 0.134. The van der Waals surface area contributed by atoms with Crippen molar-refractivity contribution in [3.8, 4) is 0 Å². The molecule has 1 aromatic heterocycles. The lowest BCUT2D eigenvalue weighted by Crippen LogP contribution is -2.39. The summed E-state index contributed by atoms with van der Waals surface area (Å²) in [5.74, 6) is -3.63. The molecule has 0 spiro atoms. The van der Waals surface area contributed by atoms with Crippen molar-refractivity contribution in [2.45, 2.75) is 25.3 Å². The molecule has 4 nitrogen and oxygen atoms in total. The summed E-state index contributed by atoms with van der Waals surface area (Å²) in [5.41, 5.74) is 0.560. The second-order valence-electron chi connectivity index (χ2n) is 4.43. The Bertz CT molecular complexity index is 441. The fourth-order valence-corrected chi connectivity index (χ4v) is 2.01. The Morgan fingerprint density at radius 1 is 1.44 bits per heavy atom. The van der Waals surface area contributed by atoms with Crippen LogP contribution in [-0.2, 0) is 6.54 Å². The number of rotatable bonds is 3. The summed E-state index contributed by atoms with van der Waals surface area (Å²) >= 11 is 0. The van der Waals surface area contributed by atoms with Crippen molar-refractivity contribution in [3.63, 3.8) is 0 Å². The topological polar surface area (TPSA) is 53.4 Å². The summed E-state index contributed by atoms with van der Waals surface area (Å²) in [5, 5.41) is 9.00. The first-order valence-corrected chi connectivity index (χ1v) is 5.75. The first-order valence-electron chi connectivity index (χ1n) is 5.75. The fourth-order valence-electron chi connectivity index (χ4n) is 2.01. The van der Waals surface area contributed by atoms with Gasteiger partial charge >= 0.3 is 5.97 Å². The van der Waals surface area contributed by atoms with Gasteiger partial charge < -0.3 is 5.11 Å². The second-order valence-corrected chi connectivity index (χ2v) is 4.43. The summed E-state index contributed by atoms with van der Waals surface area (Å²) in [7, 11) is 0. The van der Waals surface area contributed by atoms with E-state index in [2.05, 4.69) is 4.98 Å². The molecule has 0 atom stereocenters. The van der Waals surface area contributed by atoms with Gasteiger partial charge in [-0.05, 0) is 12.1 Å². The van der Waals surface area contributed by atoms with Crippen LogP contribution in [0.2, 0.25) is 0 Å². The van der Waals surface area contributed by atoms with Crippen LogP contribution in [-0.4, -0.2) is 40.0 Å². The van der Waals surface area contributed by atoms with Crippen molar-refractivity contribution in [3.05, 3.63) is 29.6 Å². The third-order valence-electron chi connectivity index (χ3n) is 3.08. The van der Waals surface area contributed by atoms with Crippen LogP contribution < -0.4 is 0 Å². The van der Waals surface area contributed by atoms with E-state index in [4.69, 9.17) is 5.11 Å². The molecule has 1 aliphatic heterocycles. The summed E-state index contributed by atoms with van der Waals surface area (Å²) in [4.78, 5) is 16.8. The minimum Gasteiger partial charge on any atom is -0.478 e. The molecule has 1 saturated heterocycles. The monoisotopic (exact) mass is 256 g/mol. The number of aromatic carboxylic acids is 1. The van der Waals surface area contributed by atoms with Gasteiger partial charge in [0.2, 0.25) is 0 Å². The Labute approximate surface area is 103 Å². The van der Waals surface area contributed by atoms with Gasteiger partial charge in [-0.1, -0.05) is 0 Å². The van der Waals surface area contributed by atoms with Crippen molar-refractivity contribution in [2.75, 3.05) is 13.1 Å². The predicted molar refractivity (Wildman–Crippen MR) is 60.7 cm³/mol. The normalized spacial score (nSPS) is 19.7. The quantitative estimate of drug-likeness (QED) is 0.898. The van der Waals surface area contributed by atoms with E-state index in [-0.39, 0.29) is 31.5 Å². The van der Waals surface area contributed by atoms with Crippen LogP contribution in [0.5, 0.6) is 0 Å². The van der Waals surface area contributed by atoms with Gasteiger partial charge in [0, 0.05) is 38.7 Å². The van der Waals surface area contributed by atoms with Crippen LogP contribution in [0.15, 0.2) is 18.3 Å². The van der Waals surface area contributed by atoms with Crippen LogP contribution in [0, 0.1) is 0 Å². The van der Waals surface area contributed by atoms with E-state index in [1.165, 1.54) is 12.3 Å². The highest BCUT2D eigenvalue weighted by atomic mass is 19.3. The zero-order valence-corrected chi connectivity index (χ0v) is 9.77. The predicted octanol–water partition coefficient (Wildman–Crippen LogP) is 2.01. The summed E-state index contributed by atoms with van der Waals surface area (Å²) < 4.78 is 26.0. The number of aromatic nitrogens is 1. The number of hydrogen-bond donors (Lipinski definition) is 1. The molecule has 0 radical (unpaired) electrons. The Morgan fingerprint density at radius 2 is 2.11 bits per heavy atom. The van der Waals surface area contributed by atoms with E-state index in [0.717, 1.165) is 0 Å². The lowest BCUT2D eigenvalue weighted by molar-refractivity contribution is -0.0569. The summed E-state index contributed by atoms with van der Waals surface area (Å²) in [6.45, 7) is 0.837. The molecular formula is C12H14F2N2O2. The maximum Gasteiger partial charge on any atom is 0.337 e. The molecule has 1 aromatic rings. The van der Waals surface area contributed by atoms with Crippen LogP contribution in [0.25, 0.3) is 0 Å². The van der Waals surface area contributed by atoms with Crippen molar-refractivity contribution in [1.82, 2.24) is 9.88 Å². The van der Waals surface area contributed by atoms with E-state index in [1.54, 1.807) is 6.07 Å². The number of pyridine rings is 1. The maximum absolute atomic E-state index is 13.0. The van der Waals surface area contributed by atoms with Gasteiger partial charge in [-0.15, -0.1) is 0 Å². The van der Waals surface area contributed by atoms with E-state index >= 15 is 0 Å². The number of halogens is 2. The number of alkyl halides is 2. The van der Waals surface area contributed by atoms with E-state index < -0.39 is 11.9 Å². The minimum atomic E-state index is -2.59. The number of carboxylic acid groups (broad SMARTS) is 1. The molecular weight excluding hydrogens is 242 g/mol. The number of likely N-dealkylation sites (tertiary alicyclic amines) is 1. The lowest BCUT2D eigenvalue weighted by Gasteiger charge is -2.31. The first-order chi connectivity index (χ1) is 8.48. The second kappa shape index (κ2) is 4.97. The van der Waals surface area contributed by atoms with E-state index in [0.29, 0.717) is 12.2 Å². The van der Waals surface area contributed by atoms with Gasteiger partial charge in [-0.3, -0.25) is 9.88 Å². The largest absolute Gasteiger partial charge is 0.478 e. The van der Waals surface area contributed by atoms with Crippen molar-refractivity contribution in [1.29, 1.82) is 0 Å². The number of carbonyl (C=O) groups is 1. The zero-order chi connectivity index (χ0) is 13.2. The highest BCUT2D eigenvalue weighted by Crippen LogP contribution is 2.28. The Hall–Kier alpha value is -1.56. The van der Waals surface area contributed by atoms with Crippen LogP contribution >= 0.6 is 0 Å². The summed E-state index contributed by atoms with van der Waals surface area (Å²) in [6, 6.07) is 3.03. The van der Waals surface area contributed by atoms with Gasteiger partial charge in [0.1, 0.15) is 0 Å². The van der Waals surface area contributed by atoms with Gasteiger partial charge in [0.15, 0.2) is 0 Å². The Balaban J connectivity index is 2.04. The Kier molecular flexibility index (Phi) is 3.56. The molecule has 1 aliphatic rings. The molecule has 0 aliphatic carbocycles. The molecule has 6 heteroatoms. The molecule has 2 rings (SSSR count). The molecule has 0 saturated carbocycles.